The Balaban J connectivity index is 1.88. The third-order valence-corrected chi connectivity index (χ3v) is 5.12. The standard InChI is InChI=1S/C18H27ClN2O2/c1-13(22)14-8-10-21(11-9-14)17(23)20-12-18(2,3)15-6-4-5-7-16(15)19/h4-7,13-14,22H,8-12H2,1-3H3,(H,20,23). The average Bonchev–Trinajstić information content (AvgIpc) is 2.53. The summed E-state index contributed by atoms with van der Waals surface area (Å²) >= 11 is 6.27. The Hall–Kier alpha value is -1.26. The van der Waals surface area contributed by atoms with Crippen LogP contribution in [0.3, 0.4) is 0 Å². The molecule has 1 fully saturated rings. The van der Waals surface area contributed by atoms with Crippen molar-refractivity contribution in [3.05, 3.63) is 34.9 Å². The number of amides is 2. The smallest absolute Gasteiger partial charge is 0.317 e. The van der Waals surface area contributed by atoms with Gasteiger partial charge in [0.1, 0.15) is 0 Å². The zero-order valence-corrected chi connectivity index (χ0v) is 14.9. The molecular weight excluding hydrogens is 312 g/mol. The summed E-state index contributed by atoms with van der Waals surface area (Å²) in [5.74, 6) is 0.304. The second-order valence-electron chi connectivity index (χ2n) is 7.09. The summed E-state index contributed by atoms with van der Waals surface area (Å²) in [4.78, 5) is 14.2. The summed E-state index contributed by atoms with van der Waals surface area (Å²) in [5, 5.41) is 13.4. The molecule has 1 aliphatic rings. The number of hydrogen-bond donors (Lipinski definition) is 2. The SMILES string of the molecule is CC(O)C1CCN(C(=O)NCC(C)(C)c2ccccc2Cl)CC1. The van der Waals surface area contributed by atoms with Crippen LogP contribution < -0.4 is 5.32 Å². The molecule has 4 nitrogen and oxygen atoms in total. The maximum atomic E-state index is 12.4. The minimum absolute atomic E-state index is 0.0332. The van der Waals surface area contributed by atoms with Gasteiger partial charge in [-0.1, -0.05) is 43.6 Å². The monoisotopic (exact) mass is 338 g/mol. The Kier molecular flexibility index (Phi) is 5.93. The summed E-state index contributed by atoms with van der Waals surface area (Å²) < 4.78 is 0. The number of hydrogen-bond acceptors (Lipinski definition) is 2. The molecule has 2 rings (SSSR count). The highest BCUT2D eigenvalue weighted by Gasteiger charge is 2.28. The Labute approximate surface area is 143 Å². The first-order chi connectivity index (χ1) is 10.8. The molecule has 0 saturated carbocycles. The lowest BCUT2D eigenvalue weighted by Gasteiger charge is -2.34. The van der Waals surface area contributed by atoms with E-state index in [-0.39, 0.29) is 17.6 Å². The van der Waals surface area contributed by atoms with Gasteiger partial charge in [0.15, 0.2) is 0 Å². The number of likely N-dealkylation sites (tertiary alicyclic amines) is 1. The molecule has 0 spiro atoms. The number of benzene rings is 1. The molecule has 23 heavy (non-hydrogen) atoms. The number of piperidine rings is 1. The van der Waals surface area contributed by atoms with Gasteiger partial charge in [-0.05, 0) is 37.3 Å². The van der Waals surface area contributed by atoms with Gasteiger partial charge in [-0.15, -0.1) is 0 Å². The van der Waals surface area contributed by atoms with E-state index in [1.165, 1.54) is 0 Å². The largest absolute Gasteiger partial charge is 0.393 e. The molecule has 1 heterocycles. The van der Waals surface area contributed by atoms with E-state index in [1.54, 1.807) is 0 Å². The zero-order chi connectivity index (χ0) is 17.0. The fourth-order valence-corrected chi connectivity index (χ4v) is 3.49. The van der Waals surface area contributed by atoms with Crippen LogP contribution in [-0.2, 0) is 5.41 Å². The number of rotatable bonds is 4. The first-order valence-electron chi connectivity index (χ1n) is 8.27. The lowest BCUT2D eigenvalue weighted by atomic mass is 9.84. The normalized spacial score (nSPS) is 17.9. The van der Waals surface area contributed by atoms with Crippen LogP contribution >= 0.6 is 11.6 Å². The first kappa shape index (κ1) is 18.1. The molecule has 0 aliphatic carbocycles. The van der Waals surface area contributed by atoms with Gasteiger partial charge in [0.05, 0.1) is 6.10 Å². The van der Waals surface area contributed by atoms with Gasteiger partial charge < -0.3 is 15.3 Å². The van der Waals surface area contributed by atoms with Gasteiger partial charge in [-0.2, -0.15) is 0 Å². The highest BCUT2D eigenvalue weighted by atomic mass is 35.5. The number of aliphatic hydroxyl groups excluding tert-OH is 1. The Morgan fingerprint density at radius 2 is 2.00 bits per heavy atom. The highest BCUT2D eigenvalue weighted by molar-refractivity contribution is 6.31. The van der Waals surface area contributed by atoms with E-state index in [4.69, 9.17) is 11.6 Å². The Morgan fingerprint density at radius 3 is 2.57 bits per heavy atom. The minimum atomic E-state index is -0.292. The van der Waals surface area contributed by atoms with Crippen LogP contribution in [0.1, 0.15) is 39.2 Å². The summed E-state index contributed by atoms with van der Waals surface area (Å²) in [6.45, 7) is 7.92. The van der Waals surface area contributed by atoms with E-state index in [0.717, 1.165) is 23.4 Å². The van der Waals surface area contributed by atoms with Gasteiger partial charge in [-0.25, -0.2) is 4.79 Å². The van der Waals surface area contributed by atoms with Gasteiger partial charge in [-0.3, -0.25) is 0 Å². The Bertz CT molecular complexity index is 538. The van der Waals surface area contributed by atoms with Crippen LogP contribution in [0, 0.1) is 5.92 Å². The topological polar surface area (TPSA) is 52.6 Å². The number of urea groups is 1. The van der Waals surface area contributed by atoms with Crippen LogP contribution in [0.4, 0.5) is 4.79 Å². The molecule has 2 amide bonds. The predicted molar refractivity (Wildman–Crippen MR) is 93.9 cm³/mol. The van der Waals surface area contributed by atoms with Gasteiger partial charge in [0, 0.05) is 30.1 Å². The molecule has 1 unspecified atom stereocenters. The van der Waals surface area contributed by atoms with E-state index < -0.39 is 0 Å². The number of nitrogens with zero attached hydrogens (tertiary/aromatic N) is 1. The van der Waals surface area contributed by atoms with Crippen molar-refractivity contribution in [2.24, 2.45) is 5.92 Å². The molecule has 5 heteroatoms. The molecule has 1 aromatic rings. The van der Waals surface area contributed by atoms with E-state index >= 15 is 0 Å². The van der Waals surface area contributed by atoms with E-state index in [2.05, 4.69) is 19.2 Å². The van der Waals surface area contributed by atoms with Crippen molar-refractivity contribution in [2.45, 2.75) is 45.1 Å². The lowest BCUT2D eigenvalue weighted by molar-refractivity contribution is 0.0796. The number of halogens is 1. The third-order valence-electron chi connectivity index (χ3n) is 4.79. The van der Waals surface area contributed by atoms with Gasteiger partial charge in [0.2, 0.25) is 0 Å². The lowest BCUT2D eigenvalue weighted by Crippen LogP contribution is -2.48. The number of carbonyl (C=O) groups is 1. The van der Waals surface area contributed by atoms with Crippen LogP contribution in [-0.4, -0.2) is 41.8 Å². The molecule has 0 aromatic heterocycles. The van der Waals surface area contributed by atoms with E-state index in [0.29, 0.717) is 25.6 Å². The molecule has 0 radical (unpaired) electrons. The summed E-state index contributed by atoms with van der Waals surface area (Å²) in [5.41, 5.74) is 0.807. The third kappa shape index (κ3) is 4.61. The molecule has 128 valence electrons. The zero-order valence-electron chi connectivity index (χ0n) is 14.2. The van der Waals surface area contributed by atoms with Crippen LogP contribution in [0.25, 0.3) is 0 Å². The maximum Gasteiger partial charge on any atom is 0.317 e. The minimum Gasteiger partial charge on any atom is -0.393 e. The van der Waals surface area contributed by atoms with Crippen molar-refractivity contribution in [1.29, 1.82) is 0 Å². The van der Waals surface area contributed by atoms with Gasteiger partial charge >= 0.3 is 6.03 Å². The van der Waals surface area contributed by atoms with Crippen molar-refractivity contribution in [1.82, 2.24) is 10.2 Å². The average molecular weight is 339 g/mol. The predicted octanol–water partition coefficient (Wildman–Crippen LogP) is 3.42. The summed E-state index contributed by atoms with van der Waals surface area (Å²) in [6.07, 6.45) is 1.43. The van der Waals surface area contributed by atoms with Gasteiger partial charge in [0.25, 0.3) is 0 Å². The second kappa shape index (κ2) is 7.54. The number of nitrogens with one attached hydrogen (secondary N) is 1. The van der Waals surface area contributed by atoms with E-state index in [1.807, 2.05) is 36.1 Å². The Morgan fingerprint density at radius 1 is 1.39 bits per heavy atom. The molecular formula is C18H27ClN2O2. The van der Waals surface area contributed by atoms with Crippen LogP contribution in [0.2, 0.25) is 5.02 Å². The molecule has 1 aliphatic heterocycles. The molecule has 1 aromatic carbocycles. The van der Waals surface area contributed by atoms with Crippen molar-refractivity contribution >= 4 is 17.6 Å². The maximum absolute atomic E-state index is 12.4. The fraction of sp³-hybridized carbons (Fsp3) is 0.611. The molecule has 1 atom stereocenters. The van der Waals surface area contributed by atoms with E-state index in [9.17, 15) is 9.90 Å². The summed E-state index contributed by atoms with van der Waals surface area (Å²) in [7, 11) is 0. The first-order valence-corrected chi connectivity index (χ1v) is 8.65. The van der Waals surface area contributed by atoms with Crippen LogP contribution in [0.5, 0.6) is 0 Å². The fourth-order valence-electron chi connectivity index (χ4n) is 3.10. The number of carbonyl (C=O) groups excluding carboxylic acids is 1. The number of aliphatic hydroxyl groups is 1. The highest BCUT2D eigenvalue weighted by Crippen LogP contribution is 2.29. The second-order valence-corrected chi connectivity index (χ2v) is 7.49. The van der Waals surface area contributed by atoms with Crippen molar-refractivity contribution in [3.63, 3.8) is 0 Å². The molecule has 0 bridgehead atoms. The molecule has 1 saturated heterocycles. The van der Waals surface area contributed by atoms with Crippen molar-refractivity contribution < 1.29 is 9.90 Å². The quantitative estimate of drug-likeness (QED) is 0.883. The van der Waals surface area contributed by atoms with Crippen molar-refractivity contribution in [2.75, 3.05) is 19.6 Å². The van der Waals surface area contributed by atoms with Crippen LogP contribution in [0.15, 0.2) is 24.3 Å². The molecule has 2 N–H and O–H groups in total. The van der Waals surface area contributed by atoms with Crippen molar-refractivity contribution in [3.8, 4) is 0 Å². The summed E-state index contributed by atoms with van der Waals surface area (Å²) in [6, 6.07) is 7.72.